The lowest BCUT2D eigenvalue weighted by molar-refractivity contribution is -0.120. The standard InChI is InChI=1S/C26H30Cl2N2O4S/c1-15(2)10-22(31)17-7-9-23-21(12-17)30(13-16-6-8-18(27)19(28)11-16)24(32)20(14-35-23)29-25(33)34-26(3,4)5/h6-9,11-12,15,20H,10,13-14H2,1-5H3,(H,29,33)/t20-/m0/s1. The first-order valence-electron chi connectivity index (χ1n) is 11.4. The van der Waals surface area contributed by atoms with Gasteiger partial charge in [0.05, 0.1) is 22.3 Å². The maximum absolute atomic E-state index is 13.7. The van der Waals surface area contributed by atoms with Crippen molar-refractivity contribution in [1.29, 1.82) is 0 Å². The third-order valence-electron chi connectivity index (χ3n) is 5.15. The molecule has 1 aliphatic heterocycles. The number of hydrogen-bond acceptors (Lipinski definition) is 5. The summed E-state index contributed by atoms with van der Waals surface area (Å²) in [6.07, 6.45) is -0.250. The fourth-order valence-electron chi connectivity index (χ4n) is 3.60. The van der Waals surface area contributed by atoms with E-state index in [9.17, 15) is 14.4 Å². The molecule has 1 atom stereocenters. The van der Waals surface area contributed by atoms with Gasteiger partial charge in [-0.3, -0.25) is 9.59 Å². The monoisotopic (exact) mass is 536 g/mol. The highest BCUT2D eigenvalue weighted by Crippen LogP contribution is 2.37. The number of Topliss-reactive ketones (excluding diaryl/α,β-unsaturated/α-hetero) is 1. The molecule has 2 amide bonds. The normalized spacial score (nSPS) is 16.1. The largest absolute Gasteiger partial charge is 0.444 e. The predicted molar refractivity (Wildman–Crippen MR) is 142 cm³/mol. The molecule has 0 saturated heterocycles. The molecule has 0 spiro atoms. The van der Waals surface area contributed by atoms with Gasteiger partial charge in [-0.2, -0.15) is 0 Å². The summed E-state index contributed by atoms with van der Waals surface area (Å²) in [5.74, 6) is 0.249. The van der Waals surface area contributed by atoms with Gasteiger partial charge in [0, 0.05) is 22.6 Å². The second kappa shape index (κ2) is 11.2. The first kappa shape index (κ1) is 27.4. The van der Waals surface area contributed by atoms with E-state index in [-0.39, 0.29) is 24.2 Å². The second-order valence-electron chi connectivity index (χ2n) is 9.89. The average Bonchev–Trinajstić information content (AvgIpc) is 2.86. The molecule has 9 heteroatoms. The number of hydrogen-bond donors (Lipinski definition) is 1. The minimum Gasteiger partial charge on any atom is -0.444 e. The van der Waals surface area contributed by atoms with Crippen molar-refractivity contribution in [1.82, 2.24) is 5.32 Å². The molecule has 0 unspecified atom stereocenters. The summed E-state index contributed by atoms with van der Waals surface area (Å²) in [6.45, 7) is 9.46. The molecular formula is C26H30Cl2N2O4S. The summed E-state index contributed by atoms with van der Waals surface area (Å²) in [4.78, 5) is 41.4. The molecule has 0 fully saturated rings. The zero-order valence-electron chi connectivity index (χ0n) is 20.5. The molecule has 0 aliphatic carbocycles. The molecule has 0 radical (unpaired) electrons. The number of amides is 2. The van der Waals surface area contributed by atoms with E-state index in [0.717, 1.165) is 10.5 Å². The molecule has 0 aromatic heterocycles. The number of alkyl carbamates (subject to hydrolysis) is 1. The van der Waals surface area contributed by atoms with Crippen LogP contribution in [0, 0.1) is 5.92 Å². The fourth-order valence-corrected chi connectivity index (χ4v) is 4.97. The molecule has 0 bridgehead atoms. The average molecular weight is 538 g/mol. The number of carbonyl (C=O) groups excluding carboxylic acids is 3. The van der Waals surface area contributed by atoms with Crippen LogP contribution in [0.15, 0.2) is 41.3 Å². The number of carbonyl (C=O) groups is 3. The molecule has 35 heavy (non-hydrogen) atoms. The van der Waals surface area contributed by atoms with Gasteiger partial charge in [-0.1, -0.05) is 49.2 Å². The van der Waals surface area contributed by atoms with Gasteiger partial charge in [-0.05, 0) is 56.5 Å². The van der Waals surface area contributed by atoms with Crippen molar-refractivity contribution >= 4 is 58.4 Å². The maximum Gasteiger partial charge on any atom is 0.408 e. The van der Waals surface area contributed by atoms with Gasteiger partial charge < -0.3 is 15.0 Å². The second-order valence-corrected chi connectivity index (χ2v) is 11.8. The number of benzene rings is 2. The van der Waals surface area contributed by atoms with Crippen LogP contribution in [0.25, 0.3) is 0 Å². The van der Waals surface area contributed by atoms with Gasteiger partial charge in [-0.25, -0.2) is 4.79 Å². The first-order chi connectivity index (χ1) is 16.3. The minimum atomic E-state index is -0.820. The van der Waals surface area contributed by atoms with Crippen molar-refractivity contribution in [2.24, 2.45) is 5.92 Å². The number of thioether (sulfide) groups is 1. The summed E-state index contributed by atoms with van der Waals surface area (Å²) >= 11 is 13.7. The van der Waals surface area contributed by atoms with Crippen LogP contribution in [0.1, 0.15) is 57.0 Å². The van der Waals surface area contributed by atoms with E-state index in [0.29, 0.717) is 33.5 Å². The van der Waals surface area contributed by atoms with Gasteiger partial charge in [-0.15, -0.1) is 11.8 Å². The zero-order chi connectivity index (χ0) is 25.9. The van der Waals surface area contributed by atoms with Crippen LogP contribution in [0.4, 0.5) is 10.5 Å². The molecule has 2 aromatic carbocycles. The van der Waals surface area contributed by atoms with Crippen LogP contribution < -0.4 is 10.2 Å². The van der Waals surface area contributed by atoms with E-state index in [1.807, 2.05) is 19.9 Å². The topological polar surface area (TPSA) is 75.7 Å². The van der Waals surface area contributed by atoms with Crippen LogP contribution in [-0.2, 0) is 16.1 Å². The van der Waals surface area contributed by atoms with Crippen molar-refractivity contribution in [3.63, 3.8) is 0 Å². The number of nitrogens with zero attached hydrogens (tertiary/aromatic N) is 1. The van der Waals surface area contributed by atoms with Crippen molar-refractivity contribution in [2.45, 2.75) is 64.1 Å². The molecule has 6 nitrogen and oxygen atoms in total. The molecule has 2 aromatic rings. The summed E-state index contributed by atoms with van der Waals surface area (Å²) in [5.41, 5.74) is 1.23. The smallest absolute Gasteiger partial charge is 0.408 e. The quantitative estimate of drug-likeness (QED) is 0.413. The van der Waals surface area contributed by atoms with E-state index in [1.54, 1.807) is 56.0 Å². The number of halogens is 2. The third kappa shape index (κ3) is 7.38. The van der Waals surface area contributed by atoms with Crippen molar-refractivity contribution in [3.8, 4) is 0 Å². The molecular weight excluding hydrogens is 507 g/mol. The number of ether oxygens (including phenoxy) is 1. The Labute approximate surface area is 220 Å². The Kier molecular flexibility index (Phi) is 8.78. The summed E-state index contributed by atoms with van der Waals surface area (Å²) < 4.78 is 5.37. The van der Waals surface area contributed by atoms with Crippen LogP contribution >= 0.6 is 35.0 Å². The van der Waals surface area contributed by atoms with Gasteiger partial charge in [0.15, 0.2) is 5.78 Å². The minimum absolute atomic E-state index is 0.0161. The highest BCUT2D eigenvalue weighted by molar-refractivity contribution is 7.99. The number of fused-ring (bicyclic) bond motifs is 1. The van der Waals surface area contributed by atoms with Crippen LogP contribution in [-0.4, -0.2) is 35.2 Å². The van der Waals surface area contributed by atoms with Gasteiger partial charge in [0.2, 0.25) is 0 Å². The lowest BCUT2D eigenvalue weighted by atomic mass is 10.0. The molecule has 0 saturated carbocycles. The molecule has 1 aliphatic rings. The lowest BCUT2D eigenvalue weighted by Gasteiger charge is -2.27. The Morgan fingerprint density at radius 2 is 1.86 bits per heavy atom. The molecule has 188 valence electrons. The Balaban J connectivity index is 1.99. The van der Waals surface area contributed by atoms with Crippen molar-refractivity contribution in [3.05, 3.63) is 57.6 Å². The van der Waals surface area contributed by atoms with Crippen LogP contribution in [0.2, 0.25) is 10.0 Å². The fraction of sp³-hybridized carbons (Fsp3) is 0.423. The Morgan fingerprint density at radius 1 is 1.14 bits per heavy atom. The van der Waals surface area contributed by atoms with Gasteiger partial charge >= 0.3 is 6.09 Å². The number of ketones is 1. The van der Waals surface area contributed by atoms with E-state index in [1.165, 1.54) is 11.8 Å². The Morgan fingerprint density at radius 3 is 2.49 bits per heavy atom. The molecule has 1 heterocycles. The van der Waals surface area contributed by atoms with Gasteiger partial charge in [0.25, 0.3) is 5.91 Å². The Bertz CT molecular complexity index is 1130. The summed E-state index contributed by atoms with van der Waals surface area (Å²) in [5, 5.41) is 3.51. The Hall–Kier alpha value is -2.22. The van der Waals surface area contributed by atoms with Crippen LogP contribution in [0.3, 0.4) is 0 Å². The zero-order valence-corrected chi connectivity index (χ0v) is 22.8. The number of rotatable bonds is 6. The third-order valence-corrected chi connectivity index (χ3v) is 7.05. The van der Waals surface area contributed by atoms with E-state index < -0.39 is 17.7 Å². The first-order valence-corrected chi connectivity index (χ1v) is 13.1. The maximum atomic E-state index is 13.7. The number of nitrogens with one attached hydrogen (secondary N) is 1. The predicted octanol–water partition coefficient (Wildman–Crippen LogP) is 6.75. The molecule has 3 rings (SSSR count). The van der Waals surface area contributed by atoms with E-state index in [4.69, 9.17) is 27.9 Å². The van der Waals surface area contributed by atoms with Crippen molar-refractivity contribution < 1.29 is 19.1 Å². The van der Waals surface area contributed by atoms with E-state index >= 15 is 0 Å². The summed E-state index contributed by atoms with van der Waals surface area (Å²) in [6, 6.07) is 9.77. The SMILES string of the molecule is CC(C)CC(=O)c1ccc2c(c1)N(Cc1ccc(Cl)c(Cl)c1)C(=O)[C@@H](NC(=O)OC(C)(C)C)CS2. The number of anilines is 1. The highest BCUT2D eigenvalue weighted by Gasteiger charge is 2.33. The van der Waals surface area contributed by atoms with Crippen LogP contribution in [0.5, 0.6) is 0 Å². The highest BCUT2D eigenvalue weighted by atomic mass is 35.5. The summed E-state index contributed by atoms with van der Waals surface area (Å²) in [7, 11) is 0. The molecule has 1 N–H and O–H groups in total. The van der Waals surface area contributed by atoms with E-state index in [2.05, 4.69) is 5.32 Å². The lowest BCUT2D eigenvalue weighted by Crippen LogP contribution is -2.50. The van der Waals surface area contributed by atoms with Gasteiger partial charge in [0.1, 0.15) is 11.6 Å². The van der Waals surface area contributed by atoms with Crippen molar-refractivity contribution in [2.75, 3.05) is 10.7 Å².